The van der Waals surface area contributed by atoms with Gasteiger partial charge in [0.15, 0.2) is 0 Å². The van der Waals surface area contributed by atoms with Gasteiger partial charge in [0.2, 0.25) is 5.91 Å². The largest absolute Gasteiger partial charge is 0.343 e. The van der Waals surface area contributed by atoms with Gasteiger partial charge >= 0.3 is 0 Å². The molecule has 1 saturated carbocycles. The number of fused-ring (bicyclic) bond motifs is 1. The van der Waals surface area contributed by atoms with Gasteiger partial charge in [0.05, 0.1) is 0 Å². The number of rotatable bonds is 2. The maximum absolute atomic E-state index is 14.6. The van der Waals surface area contributed by atoms with Gasteiger partial charge in [-0.2, -0.15) is 0 Å². The van der Waals surface area contributed by atoms with E-state index in [9.17, 15) is 14.0 Å². The van der Waals surface area contributed by atoms with E-state index >= 15 is 0 Å². The Kier molecular flexibility index (Phi) is 4.68. The first-order chi connectivity index (χ1) is 12.9. The third-order valence-electron chi connectivity index (χ3n) is 6.95. The maximum Gasteiger partial charge on any atom is 0.274 e. The van der Waals surface area contributed by atoms with Crippen LogP contribution in [0.25, 0.3) is 0 Å². The minimum Gasteiger partial charge on any atom is -0.343 e. The van der Waals surface area contributed by atoms with E-state index in [0.29, 0.717) is 24.6 Å². The Morgan fingerprint density at radius 2 is 1.96 bits per heavy atom. The van der Waals surface area contributed by atoms with E-state index in [1.54, 1.807) is 18.5 Å². The van der Waals surface area contributed by atoms with Crippen LogP contribution in [0.4, 0.5) is 4.39 Å². The normalized spacial score (nSPS) is 24.3. The Hall–Kier alpha value is -1.99. The standard InChI is InChI=1S/C20H26FN3O3/c1-13(25)23-8-5-20(6-9-23)4-2-18(20)24-7-3-14-10-15(19(26)22-27)11-17(21)16(14)12-24/h10-11,18,27H,2-9,12H2,1H3,(H,22,26). The summed E-state index contributed by atoms with van der Waals surface area (Å²) >= 11 is 0. The number of carbonyl (C=O) groups is 2. The second-order valence-corrected chi connectivity index (χ2v) is 8.18. The molecule has 6 nitrogen and oxygen atoms in total. The van der Waals surface area contributed by atoms with Crippen LogP contribution in [0.2, 0.25) is 0 Å². The molecule has 1 aromatic carbocycles. The number of nitrogens with zero attached hydrogens (tertiary/aromatic N) is 2. The minimum absolute atomic E-state index is 0.150. The third-order valence-corrected chi connectivity index (χ3v) is 6.95. The van der Waals surface area contributed by atoms with Crippen molar-refractivity contribution >= 4 is 11.8 Å². The first-order valence-electron chi connectivity index (χ1n) is 9.69. The molecule has 0 radical (unpaired) electrons. The summed E-state index contributed by atoms with van der Waals surface area (Å²) in [6.07, 6.45) is 5.06. The predicted molar refractivity (Wildman–Crippen MR) is 96.7 cm³/mol. The van der Waals surface area contributed by atoms with E-state index in [4.69, 9.17) is 5.21 Å². The summed E-state index contributed by atoms with van der Waals surface area (Å²) in [5, 5.41) is 8.78. The fraction of sp³-hybridized carbons (Fsp3) is 0.600. The molecule has 4 rings (SSSR count). The zero-order valence-corrected chi connectivity index (χ0v) is 15.6. The first kappa shape index (κ1) is 18.4. The highest BCUT2D eigenvalue weighted by Gasteiger charge is 2.51. The Morgan fingerprint density at radius 1 is 1.22 bits per heavy atom. The summed E-state index contributed by atoms with van der Waals surface area (Å²) in [6.45, 7) is 4.69. The molecule has 1 aliphatic carbocycles. The second-order valence-electron chi connectivity index (χ2n) is 8.18. The van der Waals surface area contributed by atoms with Gasteiger partial charge in [0.25, 0.3) is 5.91 Å². The van der Waals surface area contributed by atoms with Gasteiger partial charge in [0.1, 0.15) is 5.82 Å². The van der Waals surface area contributed by atoms with Gasteiger partial charge in [-0.1, -0.05) is 0 Å². The van der Waals surface area contributed by atoms with Crippen LogP contribution in [0.1, 0.15) is 54.1 Å². The summed E-state index contributed by atoms with van der Waals surface area (Å²) in [5.41, 5.74) is 3.50. The van der Waals surface area contributed by atoms with Crippen LogP contribution in [0.15, 0.2) is 12.1 Å². The van der Waals surface area contributed by atoms with Crippen molar-refractivity contribution in [2.45, 2.75) is 51.6 Å². The van der Waals surface area contributed by atoms with Crippen LogP contribution >= 0.6 is 0 Å². The second kappa shape index (κ2) is 6.87. The van der Waals surface area contributed by atoms with Gasteiger partial charge < -0.3 is 4.90 Å². The molecule has 0 aromatic heterocycles. The van der Waals surface area contributed by atoms with E-state index in [1.165, 1.54) is 12.5 Å². The molecule has 1 aromatic rings. The first-order valence-corrected chi connectivity index (χ1v) is 9.69. The number of hydrogen-bond acceptors (Lipinski definition) is 4. The van der Waals surface area contributed by atoms with E-state index in [1.807, 2.05) is 4.90 Å². The van der Waals surface area contributed by atoms with Gasteiger partial charge in [-0.15, -0.1) is 0 Å². The molecule has 3 aliphatic rings. The van der Waals surface area contributed by atoms with Crippen molar-refractivity contribution < 1.29 is 19.2 Å². The van der Waals surface area contributed by atoms with Gasteiger partial charge in [-0.25, -0.2) is 9.87 Å². The lowest BCUT2D eigenvalue weighted by Crippen LogP contribution is -2.60. The summed E-state index contributed by atoms with van der Waals surface area (Å²) in [5.74, 6) is -0.915. The fourth-order valence-corrected chi connectivity index (χ4v) is 5.20. The van der Waals surface area contributed by atoms with E-state index < -0.39 is 5.91 Å². The number of hydroxylamine groups is 1. The van der Waals surface area contributed by atoms with Crippen LogP contribution in [0.3, 0.4) is 0 Å². The molecule has 2 amide bonds. The minimum atomic E-state index is -0.686. The Bertz CT molecular complexity index is 774. The maximum atomic E-state index is 14.6. The van der Waals surface area contributed by atoms with Crippen molar-refractivity contribution in [3.05, 3.63) is 34.6 Å². The van der Waals surface area contributed by atoms with Crippen LogP contribution in [-0.4, -0.2) is 52.5 Å². The lowest BCUT2D eigenvalue weighted by atomic mass is 9.58. The molecule has 1 saturated heterocycles. The average Bonchev–Trinajstić information content (AvgIpc) is 2.66. The van der Waals surface area contributed by atoms with E-state index in [0.717, 1.165) is 44.5 Å². The van der Waals surface area contributed by atoms with Crippen LogP contribution < -0.4 is 5.48 Å². The highest BCUT2D eigenvalue weighted by atomic mass is 19.1. The fourth-order valence-electron chi connectivity index (χ4n) is 5.20. The van der Waals surface area contributed by atoms with Crippen molar-refractivity contribution in [2.75, 3.05) is 19.6 Å². The van der Waals surface area contributed by atoms with Gasteiger partial charge in [0, 0.05) is 50.3 Å². The number of piperidine rings is 1. The quantitative estimate of drug-likeness (QED) is 0.613. The van der Waals surface area contributed by atoms with E-state index in [2.05, 4.69) is 4.90 Å². The zero-order valence-electron chi connectivity index (χ0n) is 15.6. The Labute approximate surface area is 158 Å². The van der Waals surface area contributed by atoms with Crippen LogP contribution in [0.5, 0.6) is 0 Å². The number of benzene rings is 1. The van der Waals surface area contributed by atoms with Crippen molar-refractivity contribution in [1.29, 1.82) is 0 Å². The monoisotopic (exact) mass is 375 g/mol. The molecule has 1 atom stereocenters. The third kappa shape index (κ3) is 3.12. The summed E-state index contributed by atoms with van der Waals surface area (Å²) < 4.78 is 14.6. The molecule has 2 heterocycles. The molecule has 27 heavy (non-hydrogen) atoms. The molecule has 1 spiro atoms. The molecule has 7 heteroatoms. The summed E-state index contributed by atoms with van der Waals surface area (Å²) in [7, 11) is 0. The molecule has 0 bridgehead atoms. The summed E-state index contributed by atoms with van der Waals surface area (Å²) in [4.78, 5) is 27.5. The zero-order chi connectivity index (χ0) is 19.2. The van der Waals surface area contributed by atoms with Crippen molar-refractivity contribution in [2.24, 2.45) is 5.41 Å². The van der Waals surface area contributed by atoms with E-state index in [-0.39, 0.29) is 22.7 Å². The average molecular weight is 375 g/mol. The molecule has 146 valence electrons. The van der Waals surface area contributed by atoms with Gasteiger partial charge in [-0.05, 0) is 55.2 Å². The molecule has 1 unspecified atom stereocenters. The molecule has 2 N–H and O–H groups in total. The Balaban J connectivity index is 1.49. The number of nitrogens with one attached hydrogen (secondary N) is 1. The van der Waals surface area contributed by atoms with Crippen molar-refractivity contribution in [3.63, 3.8) is 0 Å². The van der Waals surface area contributed by atoms with Crippen LogP contribution in [0, 0.1) is 11.2 Å². The molecular weight excluding hydrogens is 349 g/mol. The lowest BCUT2D eigenvalue weighted by molar-refractivity contribution is -0.135. The molecule has 2 fully saturated rings. The molecular formula is C20H26FN3O3. The smallest absolute Gasteiger partial charge is 0.274 e. The van der Waals surface area contributed by atoms with Crippen LogP contribution in [-0.2, 0) is 17.8 Å². The van der Waals surface area contributed by atoms with Gasteiger partial charge in [-0.3, -0.25) is 19.7 Å². The number of carbonyl (C=O) groups excluding carboxylic acids is 2. The molecule has 2 aliphatic heterocycles. The highest BCUT2D eigenvalue weighted by Crippen LogP contribution is 2.52. The number of likely N-dealkylation sites (tertiary alicyclic amines) is 1. The number of hydrogen-bond donors (Lipinski definition) is 2. The summed E-state index contributed by atoms with van der Waals surface area (Å²) in [6, 6.07) is 3.33. The SMILES string of the molecule is CC(=O)N1CCC2(CCC2N2CCc3cc(C(=O)NO)cc(F)c3C2)CC1. The number of halogens is 1. The predicted octanol–water partition coefficient (Wildman–Crippen LogP) is 2.09. The van der Waals surface area contributed by atoms with Crippen molar-refractivity contribution in [3.8, 4) is 0 Å². The topological polar surface area (TPSA) is 72.9 Å². The lowest BCUT2D eigenvalue weighted by Gasteiger charge is -2.58. The highest BCUT2D eigenvalue weighted by molar-refractivity contribution is 5.93. The van der Waals surface area contributed by atoms with Crippen molar-refractivity contribution in [1.82, 2.24) is 15.3 Å². The number of amides is 2. The Morgan fingerprint density at radius 3 is 2.56 bits per heavy atom.